The van der Waals surface area contributed by atoms with Gasteiger partial charge in [0.15, 0.2) is 6.10 Å². The van der Waals surface area contributed by atoms with Crippen LogP contribution in [0.4, 0.5) is 0 Å². The summed E-state index contributed by atoms with van der Waals surface area (Å²) in [7, 11) is -4.75. The third-order valence-electron chi connectivity index (χ3n) is 8.97. The second-order valence-electron chi connectivity index (χ2n) is 14.0. The number of carbonyl (C=O) groups is 2. The highest BCUT2D eigenvalue weighted by Gasteiger charge is 2.22. The van der Waals surface area contributed by atoms with Crippen molar-refractivity contribution in [2.24, 2.45) is 0 Å². The van der Waals surface area contributed by atoms with Gasteiger partial charge in [0.25, 0.3) is 0 Å². The second-order valence-corrected chi connectivity index (χ2v) is 15.2. The summed E-state index contributed by atoms with van der Waals surface area (Å²) in [4.78, 5) is 42.8. The average Bonchev–Trinajstić information content (AvgIpc) is 3.08. The first-order valence-corrected chi connectivity index (χ1v) is 22.2. The molecule has 0 heterocycles. The molecule has 0 aliphatic heterocycles. The lowest BCUT2D eigenvalue weighted by Gasteiger charge is -2.18. The highest BCUT2D eigenvalue weighted by Crippen LogP contribution is 2.36. The van der Waals surface area contributed by atoms with Crippen LogP contribution >= 0.6 is 7.82 Å². The third-order valence-corrected chi connectivity index (χ3v) is 9.46. The molecule has 50 heavy (non-hydrogen) atoms. The maximum absolute atomic E-state index is 12.4. The fourth-order valence-electron chi connectivity index (χ4n) is 5.87. The summed E-state index contributed by atoms with van der Waals surface area (Å²) in [6, 6.07) is 0. The first-order valence-electron chi connectivity index (χ1n) is 20.6. The van der Waals surface area contributed by atoms with Crippen LogP contribution in [0.3, 0.4) is 0 Å². The van der Waals surface area contributed by atoms with Gasteiger partial charge in [-0.2, -0.15) is 0 Å². The Labute approximate surface area is 307 Å². The van der Waals surface area contributed by atoms with Gasteiger partial charge in [-0.3, -0.25) is 14.1 Å². The third kappa shape index (κ3) is 39.3. The van der Waals surface area contributed by atoms with Gasteiger partial charge in [0.05, 0.1) is 6.61 Å². The summed E-state index contributed by atoms with van der Waals surface area (Å²) in [5.74, 6) is -0.892. The van der Waals surface area contributed by atoms with Gasteiger partial charge in [-0.05, 0) is 44.9 Å². The average molecular weight is 729 g/mol. The summed E-state index contributed by atoms with van der Waals surface area (Å²) in [6.45, 7) is 3.66. The molecule has 0 fully saturated rings. The molecule has 0 aromatic rings. The van der Waals surface area contributed by atoms with E-state index in [2.05, 4.69) is 42.7 Å². The van der Waals surface area contributed by atoms with E-state index < -0.39 is 32.5 Å². The molecular formula is C41H77O8P. The number of carbonyl (C=O) groups excluding carboxylic acids is 2. The minimum atomic E-state index is -4.75. The normalized spacial score (nSPS) is 12.6. The summed E-state index contributed by atoms with van der Waals surface area (Å²) in [6.07, 6.45) is 41.8. The number of hydrogen-bond donors (Lipinski definition) is 2. The summed E-state index contributed by atoms with van der Waals surface area (Å²) in [5.41, 5.74) is 0. The van der Waals surface area contributed by atoms with Crippen molar-refractivity contribution in [2.45, 2.75) is 213 Å². The van der Waals surface area contributed by atoms with Gasteiger partial charge < -0.3 is 19.3 Å². The van der Waals surface area contributed by atoms with Gasteiger partial charge in [-0.1, -0.05) is 173 Å². The molecule has 0 amide bonds. The lowest BCUT2D eigenvalue weighted by molar-refractivity contribution is -0.161. The van der Waals surface area contributed by atoms with Crippen molar-refractivity contribution in [3.8, 4) is 0 Å². The molecule has 0 spiro atoms. The van der Waals surface area contributed by atoms with E-state index >= 15 is 0 Å². The molecule has 0 rings (SSSR count). The summed E-state index contributed by atoms with van der Waals surface area (Å²) < 4.78 is 26.4. The van der Waals surface area contributed by atoms with Gasteiger partial charge in [-0.25, -0.2) is 4.57 Å². The number of phosphoric acid groups is 1. The molecule has 0 aromatic heterocycles. The van der Waals surface area contributed by atoms with Crippen molar-refractivity contribution in [2.75, 3.05) is 13.2 Å². The minimum Gasteiger partial charge on any atom is -0.462 e. The smallest absolute Gasteiger partial charge is 0.462 e. The quantitative estimate of drug-likeness (QED) is 0.0279. The summed E-state index contributed by atoms with van der Waals surface area (Å²) in [5, 5.41) is 0. The number of unbranched alkanes of at least 4 members (excludes halogenated alkanes) is 24. The molecular weight excluding hydrogens is 651 g/mol. The Balaban J connectivity index is 3.91. The van der Waals surface area contributed by atoms with Crippen molar-refractivity contribution >= 4 is 19.8 Å². The molecule has 0 saturated heterocycles. The van der Waals surface area contributed by atoms with Crippen LogP contribution in [0.1, 0.15) is 206 Å². The number of ether oxygens (including phenoxy) is 2. The van der Waals surface area contributed by atoms with E-state index in [-0.39, 0.29) is 19.4 Å². The summed E-state index contributed by atoms with van der Waals surface area (Å²) >= 11 is 0. The Morgan fingerprint density at radius 3 is 1.36 bits per heavy atom. The van der Waals surface area contributed by atoms with Gasteiger partial charge in [-0.15, -0.1) is 0 Å². The molecule has 9 heteroatoms. The standard InChI is InChI=1S/C41H77O8P/c1-3-5-7-9-11-13-15-17-19-20-22-23-25-27-29-31-33-35-40(42)47-37-39(38-48-50(44,45)46)49-41(43)36-34-32-30-28-26-24-21-18-16-14-12-10-8-6-4-2/h12,14,18,21,39H,3-11,13,15-17,19-20,22-38H2,1-2H3,(H2,44,45,46)/b14-12-,21-18-. The van der Waals surface area contributed by atoms with Crippen molar-refractivity contribution in [1.29, 1.82) is 0 Å². The van der Waals surface area contributed by atoms with Crippen LogP contribution in [0.25, 0.3) is 0 Å². The first kappa shape index (κ1) is 48.5. The van der Waals surface area contributed by atoms with Crippen molar-refractivity contribution in [3.63, 3.8) is 0 Å². The van der Waals surface area contributed by atoms with Crippen LogP contribution in [0, 0.1) is 0 Å². The predicted octanol–water partition coefficient (Wildman–Crippen LogP) is 12.4. The highest BCUT2D eigenvalue weighted by molar-refractivity contribution is 7.46. The molecule has 8 nitrogen and oxygen atoms in total. The molecule has 0 bridgehead atoms. The van der Waals surface area contributed by atoms with Crippen LogP contribution in [0.15, 0.2) is 24.3 Å². The molecule has 0 saturated carbocycles. The largest absolute Gasteiger partial charge is 0.469 e. The van der Waals surface area contributed by atoms with Crippen LogP contribution < -0.4 is 0 Å². The van der Waals surface area contributed by atoms with Crippen LogP contribution in [0.2, 0.25) is 0 Å². The van der Waals surface area contributed by atoms with Crippen LogP contribution in [-0.4, -0.2) is 41.0 Å². The molecule has 294 valence electrons. The Bertz CT molecular complexity index is 869. The van der Waals surface area contributed by atoms with E-state index in [0.29, 0.717) is 6.42 Å². The topological polar surface area (TPSA) is 119 Å². The monoisotopic (exact) mass is 729 g/mol. The van der Waals surface area contributed by atoms with E-state index in [0.717, 1.165) is 57.8 Å². The van der Waals surface area contributed by atoms with Crippen LogP contribution in [0.5, 0.6) is 0 Å². The van der Waals surface area contributed by atoms with Crippen molar-refractivity contribution in [1.82, 2.24) is 0 Å². The number of phosphoric ester groups is 1. The SMILES string of the molecule is CCCCC/C=C\C/C=C\CCCCCCCC(=O)OC(COC(=O)CCCCCCCCCCCCCCCCCCC)COP(=O)(O)O. The maximum Gasteiger partial charge on any atom is 0.469 e. The Kier molecular flexibility index (Phi) is 36.2. The Morgan fingerprint density at radius 2 is 0.900 bits per heavy atom. The zero-order valence-corrected chi connectivity index (χ0v) is 33.2. The Morgan fingerprint density at radius 1 is 0.520 bits per heavy atom. The Hall–Kier alpha value is -1.47. The fourth-order valence-corrected chi connectivity index (χ4v) is 6.23. The first-order chi connectivity index (χ1) is 24.3. The second kappa shape index (κ2) is 37.3. The van der Waals surface area contributed by atoms with E-state index in [1.807, 2.05) is 0 Å². The van der Waals surface area contributed by atoms with Gasteiger partial charge >= 0.3 is 19.8 Å². The number of allylic oxidation sites excluding steroid dienone is 4. The lowest BCUT2D eigenvalue weighted by Crippen LogP contribution is -2.29. The van der Waals surface area contributed by atoms with Crippen molar-refractivity contribution in [3.05, 3.63) is 24.3 Å². The highest BCUT2D eigenvalue weighted by atomic mass is 31.2. The predicted molar refractivity (Wildman–Crippen MR) is 207 cm³/mol. The van der Waals surface area contributed by atoms with E-state index in [9.17, 15) is 14.2 Å². The lowest BCUT2D eigenvalue weighted by atomic mass is 10.0. The number of esters is 2. The van der Waals surface area contributed by atoms with E-state index in [1.54, 1.807) is 0 Å². The van der Waals surface area contributed by atoms with Crippen molar-refractivity contribution < 1.29 is 37.9 Å². The molecule has 1 atom stereocenters. The zero-order chi connectivity index (χ0) is 36.8. The van der Waals surface area contributed by atoms with Gasteiger partial charge in [0.1, 0.15) is 6.61 Å². The maximum atomic E-state index is 12.4. The van der Waals surface area contributed by atoms with Gasteiger partial charge in [0.2, 0.25) is 0 Å². The number of rotatable bonds is 38. The molecule has 0 aromatic carbocycles. The molecule has 0 aliphatic carbocycles. The van der Waals surface area contributed by atoms with Crippen LogP contribution in [-0.2, 0) is 28.2 Å². The van der Waals surface area contributed by atoms with E-state index in [1.165, 1.54) is 116 Å². The van der Waals surface area contributed by atoms with Gasteiger partial charge in [0, 0.05) is 12.8 Å². The molecule has 0 radical (unpaired) electrons. The zero-order valence-electron chi connectivity index (χ0n) is 32.3. The molecule has 0 aliphatic rings. The minimum absolute atomic E-state index is 0.199. The fraction of sp³-hybridized carbons (Fsp3) is 0.854. The van der Waals surface area contributed by atoms with E-state index in [4.69, 9.17) is 19.3 Å². The number of hydrogen-bond acceptors (Lipinski definition) is 6. The molecule has 2 N–H and O–H groups in total. The molecule has 1 unspecified atom stereocenters.